The largest absolute Gasteiger partial charge is 0.496 e. The first kappa shape index (κ1) is 12.5. The Morgan fingerprint density at radius 1 is 1.40 bits per heavy atom. The number of aliphatic carboxylic acids is 1. The van der Waals surface area contributed by atoms with Crippen molar-refractivity contribution in [1.82, 2.24) is 0 Å². The minimum Gasteiger partial charge on any atom is -0.496 e. The van der Waals surface area contributed by atoms with Crippen molar-refractivity contribution in [2.75, 3.05) is 7.11 Å². The van der Waals surface area contributed by atoms with Crippen LogP contribution in [0.3, 0.4) is 0 Å². The maximum absolute atomic E-state index is 10.6. The van der Waals surface area contributed by atoms with E-state index < -0.39 is 12.1 Å². The van der Waals surface area contributed by atoms with Crippen molar-refractivity contribution < 1.29 is 19.7 Å². The number of hydrogen-bond acceptors (Lipinski definition) is 3. The van der Waals surface area contributed by atoms with Gasteiger partial charge in [0.25, 0.3) is 0 Å². The molecule has 0 aromatic heterocycles. The smallest absolute Gasteiger partial charge is 0.337 e. The van der Waals surface area contributed by atoms with Gasteiger partial charge in [0.2, 0.25) is 0 Å². The zero-order valence-corrected chi connectivity index (χ0v) is 10.9. The molecule has 0 amide bonds. The van der Waals surface area contributed by atoms with Gasteiger partial charge in [0.1, 0.15) is 5.75 Å². The Morgan fingerprint density at radius 3 is 2.40 bits per heavy atom. The van der Waals surface area contributed by atoms with E-state index in [9.17, 15) is 9.90 Å². The van der Waals surface area contributed by atoms with Crippen LogP contribution in [0.4, 0.5) is 0 Å². The highest BCUT2D eigenvalue weighted by molar-refractivity contribution is 9.13. The highest BCUT2D eigenvalue weighted by Gasteiger charge is 2.21. The molecule has 1 unspecified atom stereocenters. The van der Waals surface area contributed by atoms with Crippen LogP contribution < -0.4 is 4.74 Å². The summed E-state index contributed by atoms with van der Waals surface area (Å²) in [6.07, 6.45) is -1.59. The van der Waals surface area contributed by atoms with Gasteiger partial charge >= 0.3 is 5.97 Å². The standard InChI is InChI=1S/C9H8Br2O4/c1-15-7-3-6(11)5(10)2-4(7)8(12)9(13)14/h2-3,8,12H,1H3,(H,13,14). The Hall–Kier alpha value is -0.590. The average Bonchev–Trinajstić information content (AvgIpc) is 2.20. The number of halogens is 2. The minimum atomic E-state index is -1.59. The highest BCUT2D eigenvalue weighted by atomic mass is 79.9. The van der Waals surface area contributed by atoms with Crippen LogP contribution in [-0.4, -0.2) is 23.3 Å². The summed E-state index contributed by atoms with van der Waals surface area (Å²) < 4.78 is 6.35. The molecule has 82 valence electrons. The number of aliphatic hydroxyl groups excluding tert-OH is 1. The van der Waals surface area contributed by atoms with Gasteiger partial charge in [-0.1, -0.05) is 0 Å². The SMILES string of the molecule is COc1cc(Br)c(Br)cc1C(O)C(=O)O. The van der Waals surface area contributed by atoms with Gasteiger partial charge in [-0.15, -0.1) is 0 Å². The van der Waals surface area contributed by atoms with Gasteiger partial charge in [-0.2, -0.15) is 0 Å². The van der Waals surface area contributed by atoms with Crippen molar-refractivity contribution in [1.29, 1.82) is 0 Å². The topological polar surface area (TPSA) is 66.8 Å². The van der Waals surface area contributed by atoms with Crippen LogP contribution in [0, 0.1) is 0 Å². The third-order valence-electron chi connectivity index (χ3n) is 1.80. The van der Waals surface area contributed by atoms with Crippen LogP contribution in [0.25, 0.3) is 0 Å². The fourth-order valence-electron chi connectivity index (χ4n) is 1.07. The molecule has 1 atom stereocenters. The summed E-state index contributed by atoms with van der Waals surface area (Å²) >= 11 is 6.47. The van der Waals surface area contributed by atoms with Crippen LogP contribution in [0.5, 0.6) is 5.75 Å². The maximum Gasteiger partial charge on any atom is 0.337 e. The number of methoxy groups -OCH3 is 1. The molecule has 2 N–H and O–H groups in total. The zero-order chi connectivity index (χ0) is 11.6. The molecule has 0 bridgehead atoms. The second kappa shape index (κ2) is 4.96. The van der Waals surface area contributed by atoms with E-state index in [0.29, 0.717) is 10.2 Å². The molecule has 0 fully saturated rings. The van der Waals surface area contributed by atoms with Gasteiger partial charge in [-0.25, -0.2) is 4.79 Å². The van der Waals surface area contributed by atoms with Crippen molar-refractivity contribution in [3.8, 4) is 5.75 Å². The van der Waals surface area contributed by atoms with E-state index in [-0.39, 0.29) is 5.56 Å². The van der Waals surface area contributed by atoms with E-state index in [2.05, 4.69) is 31.9 Å². The second-order valence-electron chi connectivity index (χ2n) is 2.75. The van der Waals surface area contributed by atoms with E-state index in [1.165, 1.54) is 13.2 Å². The number of carboxylic acid groups (broad SMARTS) is 1. The van der Waals surface area contributed by atoms with Crippen LogP contribution in [-0.2, 0) is 4.79 Å². The second-order valence-corrected chi connectivity index (χ2v) is 4.46. The third-order valence-corrected chi connectivity index (χ3v) is 3.65. The van der Waals surface area contributed by atoms with Gasteiger partial charge in [-0.3, -0.25) is 0 Å². The molecule has 15 heavy (non-hydrogen) atoms. The van der Waals surface area contributed by atoms with Gasteiger partial charge < -0.3 is 14.9 Å². The number of carboxylic acids is 1. The first-order valence-corrected chi connectivity index (χ1v) is 5.49. The molecule has 1 rings (SSSR count). The molecule has 0 aliphatic rings. The Morgan fingerprint density at radius 2 is 1.93 bits per heavy atom. The first-order valence-electron chi connectivity index (χ1n) is 3.91. The van der Waals surface area contributed by atoms with Gasteiger partial charge in [0, 0.05) is 14.5 Å². The molecular weight excluding hydrogens is 332 g/mol. The van der Waals surface area contributed by atoms with E-state index >= 15 is 0 Å². The molecule has 0 aliphatic heterocycles. The summed E-state index contributed by atoms with van der Waals surface area (Å²) in [4.78, 5) is 10.6. The fraction of sp³-hybridized carbons (Fsp3) is 0.222. The van der Waals surface area contributed by atoms with E-state index in [1.807, 2.05) is 0 Å². The highest BCUT2D eigenvalue weighted by Crippen LogP contribution is 2.34. The molecule has 0 aliphatic carbocycles. The van der Waals surface area contributed by atoms with Gasteiger partial charge in [-0.05, 0) is 44.0 Å². The Bertz CT molecular complexity index is 392. The molecule has 0 spiro atoms. The number of rotatable bonds is 3. The van der Waals surface area contributed by atoms with Crippen molar-refractivity contribution in [2.45, 2.75) is 6.10 Å². The first-order chi connectivity index (χ1) is 6.97. The van der Waals surface area contributed by atoms with Gasteiger partial charge in [0.15, 0.2) is 6.10 Å². The Balaban J connectivity index is 3.27. The number of hydrogen-bond donors (Lipinski definition) is 2. The maximum atomic E-state index is 10.6. The van der Waals surface area contributed by atoms with E-state index in [4.69, 9.17) is 9.84 Å². The lowest BCUT2D eigenvalue weighted by molar-refractivity contribution is -0.147. The molecule has 1 aromatic carbocycles. The summed E-state index contributed by atoms with van der Waals surface area (Å²) in [5.41, 5.74) is 0.208. The minimum absolute atomic E-state index is 0.208. The fourth-order valence-corrected chi connectivity index (χ4v) is 1.75. The van der Waals surface area contributed by atoms with Crippen molar-refractivity contribution >= 4 is 37.8 Å². The molecule has 0 saturated heterocycles. The predicted molar refractivity (Wildman–Crippen MR) is 61.0 cm³/mol. The Labute approximate surface area is 103 Å². The van der Waals surface area contributed by atoms with Crippen molar-refractivity contribution in [2.24, 2.45) is 0 Å². The average molecular weight is 340 g/mol. The molecule has 0 heterocycles. The number of aliphatic hydroxyl groups is 1. The zero-order valence-electron chi connectivity index (χ0n) is 7.70. The van der Waals surface area contributed by atoms with E-state index in [1.54, 1.807) is 6.07 Å². The van der Waals surface area contributed by atoms with E-state index in [0.717, 1.165) is 4.47 Å². The molecule has 1 aromatic rings. The number of carbonyl (C=O) groups is 1. The summed E-state index contributed by atoms with van der Waals surface area (Å²) in [6, 6.07) is 3.09. The lowest BCUT2D eigenvalue weighted by atomic mass is 10.1. The summed E-state index contributed by atoms with van der Waals surface area (Å²) in [5, 5.41) is 18.1. The molecule has 6 heteroatoms. The molecule has 0 radical (unpaired) electrons. The van der Waals surface area contributed by atoms with Crippen LogP contribution in [0.2, 0.25) is 0 Å². The molecular formula is C9H8Br2O4. The van der Waals surface area contributed by atoms with Crippen LogP contribution in [0.1, 0.15) is 11.7 Å². The normalized spacial score (nSPS) is 12.3. The van der Waals surface area contributed by atoms with Crippen molar-refractivity contribution in [3.05, 3.63) is 26.6 Å². The lowest BCUT2D eigenvalue weighted by Crippen LogP contribution is -2.11. The summed E-state index contributed by atoms with van der Waals surface area (Å²) in [5.74, 6) is -0.998. The third kappa shape index (κ3) is 2.70. The lowest BCUT2D eigenvalue weighted by Gasteiger charge is -2.12. The van der Waals surface area contributed by atoms with Gasteiger partial charge in [0.05, 0.1) is 7.11 Å². The van der Waals surface area contributed by atoms with Crippen molar-refractivity contribution in [3.63, 3.8) is 0 Å². The number of ether oxygens (including phenoxy) is 1. The quantitative estimate of drug-likeness (QED) is 0.887. The van der Waals surface area contributed by atoms with Crippen LogP contribution >= 0.6 is 31.9 Å². The predicted octanol–water partition coefficient (Wildman–Crippen LogP) is 2.34. The summed E-state index contributed by atoms with van der Waals surface area (Å²) in [7, 11) is 1.41. The molecule has 0 saturated carbocycles. The summed E-state index contributed by atoms with van der Waals surface area (Å²) in [6.45, 7) is 0. The Kier molecular flexibility index (Phi) is 4.12. The number of benzene rings is 1. The molecule has 4 nitrogen and oxygen atoms in total. The monoisotopic (exact) mass is 338 g/mol. The van der Waals surface area contributed by atoms with Crippen LogP contribution in [0.15, 0.2) is 21.1 Å².